The topological polar surface area (TPSA) is 65.2 Å². The van der Waals surface area contributed by atoms with Crippen LogP contribution in [0.1, 0.15) is 35.3 Å². The van der Waals surface area contributed by atoms with Gasteiger partial charge in [-0.25, -0.2) is 0 Å². The lowest BCUT2D eigenvalue weighted by atomic mass is 9.84. The van der Waals surface area contributed by atoms with Gasteiger partial charge in [-0.2, -0.15) is 0 Å². The number of fused-ring (bicyclic) bond motifs is 4. The number of anilines is 1. The molecule has 0 fully saturated rings. The zero-order valence-corrected chi connectivity index (χ0v) is 11.8. The monoisotopic (exact) mass is 281 g/mol. The smallest absolute Gasteiger partial charge is 0.259 e. The normalized spacial score (nSPS) is 22.9. The van der Waals surface area contributed by atoms with Gasteiger partial charge >= 0.3 is 0 Å². The molecule has 1 atom stereocenters. The first-order chi connectivity index (χ1) is 10.1. The molecule has 5 heteroatoms. The van der Waals surface area contributed by atoms with Gasteiger partial charge in [-0.3, -0.25) is 9.59 Å². The number of nitrogens with zero attached hydrogens (tertiary/aromatic N) is 1. The van der Waals surface area contributed by atoms with Crippen molar-refractivity contribution in [2.24, 2.45) is 0 Å². The molecule has 1 unspecified atom stereocenters. The van der Waals surface area contributed by atoms with E-state index in [1.54, 1.807) is 17.3 Å². The van der Waals surface area contributed by atoms with E-state index < -0.39 is 5.54 Å². The maximum absolute atomic E-state index is 12.9. The second-order valence-corrected chi connectivity index (χ2v) is 5.76. The Kier molecular flexibility index (Phi) is 2.18. The van der Waals surface area contributed by atoms with Crippen molar-refractivity contribution in [2.45, 2.75) is 25.4 Å². The number of benzene rings is 1. The first kappa shape index (κ1) is 12.2. The van der Waals surface area contributed by atoms with E-state index in [9.17, 15) is 9.59 Å². The van der Waals surface area contributed by atoms with Gasteiger partial charge in [0, 0.05) is 35.2 Å². The van der Waals surface area contributed by atoms with Gasteiger partial charge in [0.2, 0.25) is 0 Å². The van der Waals surface area contributed by atoms with Crippen molar-refractivity contribution in [1.29, 1.82) is 0 Å². The van der Waals surface area contributed by atoms with Gasteiger partial charge in [-0.05, 0) is 19.9 Å². The maximum atomic E-state index is 12.9. The van der Waals surface area contributed by atoms with E-state index in [1.807, 2.05) is 38.1 Å². The van der Waals surface area contributed by atoms with E-state index in [1.165, 1.54) is 0 Å². The molecular weight excluding hydrogens is 266 g/mol. The van der Waals surface area contributed by atoms with Crippen LogP contribution in [0.3, 0.4) is 0 Å². The van der Waals surface area contributed by atoms with Crippen molar-refractivity contribution >= 4 is 17.5 Å². The second kappa shape index (κ2) is 3.75. The van der Waals surface area contributed by atoms with Crippen molar-refractivity contribution in [3.63, 3.8) is 0 Å². The molecule has 2 aliphatic rings. The van der Waals surface area contributed by atoms with Crippen LogP contribution in [0, 0.1) is 0 Å². The number of hydrogen-bond acceptors (Lipinski definition) is 2. The number of aromatic nitrogens is 1. The van der Waals surface area contributed by atoms with Crippen LogP contribution in [-0.2, 0) is 10.3 Å². The molecule has 0 aliphatic carbocycles. The minimum atomic E-state index is -1.04. The van der Waals surface area contributed by atoms with Crippen LogP contribution in [0.15, 0.2) is 36.7 Å². The number of H-pyrrole nitrogens is 1. The summed E-state index contributed by atoms with van der Waals surface area (Å²) >= 11 is 0. The molecular formula is C16H15N3O2. The van der Waals surface area contributed by atoms with E-state index in [2.05, 4.69) is 10.3 Å². The van der Waals surface area contributed by atoms with E-state index in [0.29, 0.717) is 5.56 Å². The van der Waals surface area contributed by atoms with E-state index in [-0.39, 0.29) is 17.9 Å². The average Bonchev–Trinajstić information content (AvgIpc) is 3.08. The Balaban J connectivity index is 2.10. The SMILES string of the molecule is CC(C)N1C(=O)c2c[nH]cc2C12C(=O)Nc1ccccc12. The molecule has 2 aliphatic heterocycles. The molecule has 0 saturated heterocycles. The summed E-state index contributed by atoms with van der Waals surface area (Å²) in [4.78, 5) is 30.3. The van der Waals surface area contributed by atoms with Gasteiger partial charge in [-0.1, -0.05) is 18.2 Å². The van der Waals surface area contributed by atoms with Crippen molar-refractivity contribution in [1.82, 2.24) is 9.88 Å². The number of para-hydroxylation sites is 1. The Morgan fingerprint density at radius 2 is 1.86 bits per heavy atom. The highest BCUT2D eigenvalue weighted by atomic mass is 16.2. The fourth-order valence-corrected chi connectivity index (χ4v) is 3.62. The lowest BCUT2D eigenvalue weighted by Gasteiger charge is -2.37. The van der Waals surface area contributed by atoms with Crippen LogP contribution in [0.25, 0.3) is 0 Å². The minimum absolute atomic E-state index is 0.0817. The van der Waals surface area contributed by atoms with E-state index in [0.717, 1.165) is 16.8 Å². The molecule has 1 aromatic carbocycles. The van der Waals surface area contributed by atoms with Crippen LogP contribution in [0.5, 0.6) is 0 Å². The predicted octanol–water partition coefficient (Wildman–Crippen LogP) is 2.07. The number of carbonyl (C=O) groups excluding carboxylic acids is 2. The molecule has 2 aromatic rings. The molecule has 1 spiro atoms. The third kappa shape index (κ3) is 1.22. The summed E-state index contributed by atoms with van der Waals surface area (Å²) in [6.45, 7) is 3.87. The third-order valence-electron chi connectivity index (χ3n) is 4.36. The number of carbonyl (C=O) groups is 2. The molecule has 4 rings (SSSR count). The van der Waals surface area contributed by atoms with Gasteiger partial charge < -0.3 is 15.2 Å². The Bertz CT molecular complexity index is 777. The second-order valence-electron chi connectivity index (χ2n) is 5.76. The van der Waals surface area contributed by atoms with Crippen LogP contribution in [-0.4, -0.2) is 27.7 Å². The number of amides is 2. The van der Waals surface area contributed by atoms with Crippen molar-refractivity contribution in [3.05, 3.63) is 53.3 Å². The number of hydrogen-bond donors (Lipinski definition) is 2. The predicted molar refractivity (Wildman–Crippen MR) is 77.9 cm³/mol. The van der Waals surface area contributed by atoms with Crippen molar-refractivity contribution in [2.75, 3.05) is 5.32 Å². The minimum Gasteiger partial charge on any atom is -0.366 e. The fourth-order valence-electron chi connectivity index (χ4n) is 3.62. The lowest BCUT2D eigenvalue weighted by Crippen LogP contribution is -2.52. The summed E-state index contributed by atoms with van der Waals surface area (Å²) in [5, 5.41) is 2.92. The van der Waals surface area contributed by atoms with Gasteiger partial charge in [0.1, 0.15) is 0 Å². The van der Waals surface area contributed by atoms with E-state index >= 15 is 0 Å². The maximum Gasteiger partial charge on any atom is 0.259 e. The van der Waals surface area contributed by atoms with Gasteiger partial charge in [-0.15, -0.1) is 0 Å². The quantitative estimate of drug-likeness (QED) is 0.840. The Morgan fingerprint density at radius 3 is 2.62 bits per heavy atom. The molecule has 21 heavy (non-hydrogen) atoms. The van der Waals surface area contributed by atoms with Crippen LogP contribution in [0.4, 0.5) is 5.69 Å². The average molecular weight is 281 g/mol. The molecule has 2 N–H and O–H groups in total. The third-order valence-corrected chi connectivity index (χ3v) is 4.36. The highest BCUT2D eigenvalue weighted by Crippen LogP contribution is 2.51. The van der Waals surface area contributed by atoms with Crippen LogP contribution >= 0.6 is 0 Å². The first-order valence-corrected chi connectivity index (χ1v) is 7.00. The summed E-state index contributed by atoms with van der Waals surface area (Å²) in [5.74, 6) is -0.266. The molecule has 3 heterocycles. The summed E-state index contributed by atoms with van der Waals surface area (Å²) in [6, 6.07) is 7.48. The number of nitrogens with one attached hydrogen (secondary N) is 2. The van der Waals surface area contributed by atoms with Crippen LogP contribution in [0.2, 0.25) is 0 Å². The zero-order valence-electron chi connectivity index (χ0n) is 11.8. The summed E-state index contributed by atoms with van der Waals surface area (Å²) in [7, 11) is 0. The standard InChI is InChI=1S/C16H15N3O2/c1-9(2)19-14(20)10-7-17-8-12(10)16(19)11-5-3-4-6-13(11)18-15(16)21/h3-9,17H,1-2H3,(H,18,21). The Morgan fingerprint density at radius 1 is 1.10 bits per heavy atom. The van der Waals surface area contributed by atoms with Gasteiger partial charge in [0.05, 0.1) is 5.56 Å². The summed E-state index contributed by atoms with van der Waals surface area (Å²) < 4.78 is 0. The van der Waals surface area contributed by atoms with Gasteiger partial charge in [0.15, 0.2) is 5.54 Å². The Hall–Kier alpha value is -2.56. The fraction of sp³-hybridized carbons (Fsp3) is 0.250. The van der Waals surface area contributed by atoms with Crippen LogP contribution < -0.4 is 5.32 Å². The van der Waals surface area contributed by atoms with Crippen molar-refractivity contribution in [3.8, 4) is 0 Å². The Labute approximate surface area is 122 Å². The number of rotatable bonds is 1. The highest BCUT2D eigenvalue weighted by molar-refractivity contribution is 6.16. The lowest BCUT2D eigenvalue weighted by molar-refractivity contribution is -0.124. The highest BCUT2D eigenvalue weighted by Gasteiger charge is 2.61. The molecule has 0 saturated carbocycles. The summed E-state index contributed by atoms with van der Waals surface area (Å²) in [6.07, 6.45) is 3.44. The molecule has 106 valence electrons. The zero-order chi connectivity index (χ0) is 14.8. The molecule has 0 radical (unpaired) electrons. The van der Waals surface area contributed by atoms with E-state index in [4.69, 9.17) is 0 Å². The number of aromatic amines is 1. The van der Waals surface area contributed by atoms with Gasteiger partial charge in [0.25, 0.3) is 11.8 Å². The first-order valence-electron chi connectivity index (χ1n) is 7.00. The summed E-state index contributed by atoms with van der Waals surface area (Å²) in [5.41, 5.74) is 1.89. The van der Waals surface area contributed by atoms with Crippen molar-refractivity contribution < 1.29 is 9.59 Å². The molecule has 0 bridgehead atoms. The molecule has 1 aromatic heterocycles. The largest absolute Gasteiger partial charge is 0.366 e. The molecule has 5 nitrogen and oxygen atoms in total. The molecule has 2 amide bonds.